The molecule has 0 amide bonds. The van der Waals surface area contributed by atoms with E-state index >= 15 is 0 Å². The van der Waals surface area contributed by atoms with Gasteiger partial charge in [0.05, 0.1) is 4.90 Å². The van der Waals surface area contributed by atoms with Crippen molar-refractivity contribution in [2.45, 2.75) is 30.7 Å². The van der Waals surface area contributed by atoms with Crippen LogP contribution < -0.4 is 0 Å². The van der Waals surface area contributed by atoms with E-state index in [0.717, 1.165) is 28.8 Å². The zero-order chi connectivity index (χ0) is 21.6. The van der Waals surface area contributed by atoms with Crippen LogP contribution in [0.4, 0.5) is 4.39 Å². The van der Waals surface area contributed by atoms with Crippen molar-refractivity contribution in [3.63, 3.8) is 0 Å². The van der Waals surface area contributed by atoms with E-state index in [1.54, 1.807) is 0 Å². The van der Waals surface area contributed by atoms with Gasteiger partial charge in [0.1, 0.15) is 17.4 Å². The van der Waals surface area contributed by atoms with Crippen molar-refractivity contribution < 1.29 is 17.2 Å². The summed E-state index contributed by atoms with van der Waals surface area (Å²) in [7, 11) is -3.78. The highest BCUT2D eigenvalue weighted by molar-refractivity contribution is 7.89. The Balaban J connectivity index is 1.51. The van der Waals surface area contributed by atoms with E-state index < -0.39 is 21.9 Å². The first kappa shape index (κ1) is 19.9. The molecule has 4 aromatic rings. The molecule has 0 aliphatic carbocycles. The first-order valence-corrected chi connectivity index (χ1v) is 11.6. The summed E-state index contributed by atoms with van der Waals surface area (Å²) in [6.07, 6.45) is 1.33. The largest absolute Gasteiger partial charge is 0.439 e. The van der Waals surface area contributed by atoms with E-state index in [1.807, 2.05) is 30.3 Å². The molecule has 31 heavy (non-hydrogen) atoms. The summed E-state index contributed by atoms with van der Waals surface area (Å²) in [4.78, 5) is 4.72. The lowest BCUT2D eigenvalue weighted by Gasteiger charge is -2.21. The van der Waals surface area contributed by atoms with Crippen LogP contribution in [0.2, 0.25) is 0 Å². The van der Waals surface area contributed by atoms with Crippen molar-refractivity contribution >= 4 is 21.1 Å². The Labute approximate surface area is 180 Å². The minimum Gasteiger partial charge on any atom is -0.439 e. The third-order valence-corrected chi connectivity index (χ3v) is 7.69. The molecule has 1 aromatic heterocycles. The topological polar surface area (TPSA) is 63.4 Å². The summed E-state index contributed by atoms with van der Waals surface area (Å²) in [5, 5.41) is 0. The molecule has 1 unspecified atom stereocenters. The Morgan fingerprint density at radius 2 is 1.84 bits per heavy atom. The van der Waals surface area contributed by atoms with Gasteiger partial charge in [-0.05, 0) is 72.9 Å². The van der Waals surface area contributed by atoms with Crippen LogP contribution in [0.1, 0.15) is 30.3 Å². The summed E-state index contributed by atoms with van der Waals surface area (Å²) < 4.78 is 47.0. The fourth-order valence-corrected chi connectivity index (χ4v) is 5.82. The van der Waals surface area contributed by atoms with Crippen LogP contribution in [0.25, 0.3) is 22.2 Å². The quantitative estimate of drug-likeness (QED) is 0.426. The van der Waals surface area contributed by atoms with Crippen molar-refractivity contribution in [2.24, 2.45) is 0 Å². The third kappa shape index (κ3) is 3.54. The predicted molar refractivity (Wildman–Crippen MR) is 116 cm³/mol. The Morgan fingerprint density at radius 1 is 1.06 bits per heavy atom. The van der Waals surface area contributed by atoms with Crippen molar-refractivity contribution in [1.29, 1.82) is 0 Å². The van der Waals surface area contributed by atoms with Gasteiger partial charge in [-0.3, -0.25) is 0 Å². The lowest BCUT2D eigenvalue weighted by Crippen LogP contribution is -2.30. The number of oxazole rings is 1. The Kier molecular flexibility index (Phi) is 4.87. The number of aromatic nitrogens is 1. The van der Waals surface area contributed by atoms with E-state index in [2.05, 4.69) is 24.0 Å². The van der Waals surface area contributed by atoms with Gasteiger partial charge < -0.3 is 4.42 Å². The lowest BCUT2D eigenvalue weighted by atomic mass is 10.0. The van der Waals surface area contributed by atoms with Gasteiger partial charge in [0.25, 0.3) is 0 Å². The smallest absolute Gasteiger partial charge is 0.243 e. The second kappa shape index (κ2) is 7.59. The summed E-state index contributed by atoms with van der Waals surface area (Å²) in [5.74, 6) is -0.0829. The molecule has 0 N–H and O–H groups in total. The zero-order valence-corrected chi connectivity index (χ0v) is 17.8. The van der Waals surface area contributed by atoms with Crippen LogP contribution in [0.15, 0.2) is 76.0 Å². The fourth-order valence-electron chi connectivity index (χ4n) is 4.17. The monoisotopic (exact) mass is 436 g/mol. The molecule has 7 heteroatoms. The maximum absolute atomic E-state index is 13.3. The van der Waals surface area contributed by atoms with Gasteiger partial charge in [0.15, 0.2) is 5.58 Å². The number of sulfonamides is 1. The van der Waals surface area contributed by atoms with Crippen LogP contribution in [-0.2, 0) is 10.0 Å². The fraction of sp³-hybridized carbons (Fsp3) is 0.208. The summed E-state index contributed by atoms with van der Waals surface area (Å²) >= 11 is 0. The van der Waals surface area contributed by atoms with E-state index in [9.17, 15) is 12.8 Å². The van der Waals surface area contributed by atoms with Gasteiger partial charge in [-0.1, -0.05) is 30.3 Å². The second-order valence-electron chi connectivity index (χ2n) is 7.78. The van der Waals surface area contributed by atoms with Crippen LogP contribution in [0.3, 0.4) is 0 Å². The average molecular weight is 437 g/mol. The van der Waals surface area contributed by atoms with E-state index in [-0.39, 0.29) is 4.90 Å². The normalized spacial score (nSPS) is 17.4. The maximum atomic E-state index is 13.3. The molecule has 1 atom stereocenters. The molecule has 1 aliphatic heterocycles. The van der Waals surface area contributed by atoms with Gasteiger partial charge in [-0.2, -0.15) is 4.31 Å². The van der Waals surface area contributed by atoms with E-state index in [1.165, 1.54) is 16.4 Å². The molecule has 1 saturated heterocycles. The van der Waals surface area contributed by atoms with Crippen molar-refractivity contribution in [3.05, 3.63) is 84.0 Å². The number of benzene rings is 3. The predicted octanol–water partition coefficient (Wildman–Crippen LogP) is 5.47. The molecule has 0 spiro atoms. The van der Waals surface area contributed by atoms with Crippen LogP contribution in [0.5, 0.6) is 0 Å². The van der Waals surface area contributed by atoms with Crippen molar-refractivity contribution in [3.8, 4) is 11.1 Å². The summed E-state index contributed by atoms with van der Waals surface area (Å²) in [6.45, 7) is 2.43. The number of nitrogens with zero attached hydrogens (tertiary/aromatic N) is 2. The molecule has 0 bridgehead atoms. The van der Waals surface area contributed by atoms with Crippen molar-refractivity contribution in [2.75, 3.05) is 6.54 Å². The molecule has 5 rings (SSSR count). The Hall–Kier alpha value is -3.03. The molecule has 0 radical (unpaired) electrons. The maximum Gasteiger partial charge on any atom is 0.243 e. The first-order chi connectivity index (χ1) is 14.9. The Morgan fingerprint density at radius 3 is 2.61 bits per heavy atom. The molecule has 3 aromatic carbocycles. The number of fused-ring (bicyclic) bond motifs is 1. The standard InChI is InChI=1S/C24H21FN2O3S/c1-16-5-2-3-6-20(16)17-8-13-23-21(15-17)26-24(30-23)22-7-4-14-27(22)31(28,29)19-11-9-18(25)10-12-19/h2-3,5-6,8-13,15,22H,4,7,14H2,1H3. The van der Waals surface area contributed by atoms with Crippen LogP contribution in [0, 0.1) is 12.7 Å². The minimum atomic E-state index is -3.78. The van der Waals surface area contributed by atoms with Crippen molar-refractivity contribution in [1.82, 2.24) is 9.29 Å². The highest BCUT2D eigenvalue weighted by Crippen LogP contribution is 2.38. The molecule has 158 valence electrons. The number of hydrogen-bond donors (Lipinski definition) is 0. The number of aryl methyl sites for hydroxylation is 1. The summed E-state index contributed by atoms with van der Waals surface area (Å²) in [6, 6.07) is 18.4. The molecular formula is C24H21FN2O3S. The molecule has 1 aliphatic rings. The molecule has 5 nitrogen and oxygen atoms in total. The van der Waals surface area contributed by atoms with Gasteiger partial charge in [-0.25, -0.2) is 17.8 Å². The second-order valence-corrected chi connectivity index (χ2v) is 9.67. The van der Waals surface area contributed by atoms with Gasteiger partial charge >= 0.3 is 0 Å². The number of rotatable bonds is 4. The first-order valence-electron chi connectivity index (χ1n) is 10.2. The van der Waals surface area contributed by atoms with Crippen LogP contribution in [-0.4, -0.2) is 24.3 Å². The molecular weight excluding hydrogens is 415 g/mol. The zero-order valence-electron chi connectivity index (χ0n) is 17.0. The number of halogens is 1. The van der Waals surface area contributed by atoms with E-state index in [0.29, 0.717) is 36.4 Å². The highest BCUT2D eigenvalue weighted by Gasteiger charge is 2.39. The Bertz CT molecular complexity index is 1360. The third-order valence-electron chi connectivity index (χ3n) is 5.77. The molecule has 1 fully saturated rings. The minimum absolute atomic E-state index is 0.0683. The molecule has 0 saturated carbocycles. The van der Waals surface area contributed by atoms with Gasteiger partial charge in [0, 0.05) is 6.54 Å². The van der Waals surface area contributed by atoms with E-state index in [4.69, 9.17) is 4.42 Å². The average Bonchev–Trinajstić information content (AvgIpc) is 3.41. The summed E-state index contributed by atoms with van der Waals surface area (Å²) in [5.41, 5.74) is 4.64. The lowest BCUT2D eigenvalue weighted by molar-refractivity contribution is 0.337. The van der Waals surface area contributed by atoms with Gasteiger partial charge in [-0.15, -0.1) is 0 Å². The van der Waals surface area contributed by atoms with Crippen LogP contribution >= 0.6 is 0 Å². The van der Waals surface area contributed by atoms with Gasteiger partial charge in [0.2, 0.25) is 15.9 Å². The number of hydrogen-bond acceptors (Lipinski definition) is 4. The SMILES string of the molecule is Cc1ccccc1-c1ccc2oc(C3CCCN3S(=O)(=O)c3ccc(F)cc3)nc2c1. The highest BCUT2D eigenvalue weighted by atomic mass is 32.2. The molecule has 2 heterocycles.